The molecule has 4 fully saturated rings. The van der Waals surface area contributed by atoms with Gasteiger partial charge in [-0.3, -0.25) is 14.4 Å². The Morgan fingerprint density at radius 3 is 2.66 bits per heavy atom. The van der Waals surface area contributed by atoms with Crippen molar-refractivity contribution in [2.24, 2.45) is 40.1 Å². The molecule has 226 valence electrons. The van der Waals surface area contributed by atoms with Crippen molar-refractivity contribution >= 4 is 23.8 Å². The topological polar surface area (TPSA) is 173 Å². The first-order chi connectivity index (χ1) is 19.3. The molecule has 2 saturated carbocycles. The van der Waals surface area contributed by atoms with Crippen LogP contribution in [0.1, 0.15) is 72.6 Å². The summed E-state index contributed by atoms with van der Waals surface area (Å²) >= 11 is 0. The largest absolute Gasteiger partial charge is 0.459 e. The van der Waals surface area contributed by atoms with Gasteiger partial charge in [0.05, 0.1) is 18.8 Å². The van der Waals surface area contributed by atoms with E-state index in [0.717, 1.165) is 24.0 Å². The fraction of sp³-hybridized carbons (Fsp3) is 0.800. The number of nitrogens with one attached hydrogen (secondary N) is 1. The number of esters is 2. The maximum absolute atomic E-state index is 13.3. The second-order valence-corrected chi connectivity index (χ2v) is 13.7. The van der Waals surface area contributed by atoms with Gasteiger partial charge >= 0.3 is 11.9 Å². The second-order valence-electron chi connectivity index (χ2n) is 13.7. The Kier molecular flexibility index (Phi) is 6.63. The molecule has 0 radical (unpaired) electrons. The van der Waals surface area contributed by atoms with Gasteiger partial charge in [-0.25, -0.2) is 4.79 Å². The van der Waals surface area contributed by atoms with Gasteiger partial charge in [0.2, 0.25) is 11.8 Å². The Hall–Kier alpha value is -2.50. The van der Waals surface area contributed by atoms with Crippen LogP contribution in [0.25, 0.3) is 0 Å². The highest BCUT2D eigenvalue weighted by Crippen LogP contribution is 2.82. The number of rotatable bonds is 10. The minimum Gasteiger partial charge on any atom is -0.459 e. The highest BCUT2D eigenvalue weighted by atomic mass is 16.7. The second kappa shape index (κ2) is 9.50. The van der Waals surface area contributed by atoms with Gasteiger partial charge in [0.25, 0.3) is 0 Å². The lowest BCUT2D eigenvalue weighted by atomic mass is 9.49. The van der Waals surface area contributed by atoms with Gasteiger partial charge in [-0.05, 0) is 56.4 Å². The number of fused-ring (bicyclic) bond motifs is 4. The molecule has 0 aromatic rings. The quantitative estimate of drug-likeness (QED) is 0.198. The van der Waals surface area contributed by atoms with E-state index in [1.54, 1.807) is 0 Å². The molecular weight excluding hydrogens is 530 g/mol. The number of primary amides is 1. The predicted molar refractivity (Wildman–Crippen MR) is 145 cm³/mol. The van der Waals surface area contributed by atoms with E-state index in [0.29, 0.717) is 26.1 Å². The smallest absolute Gasteiger partial charge is 0.334 e. The van der Waals surface area contributed by atoms with Crippen molar-refractivity contribution in [1.29, 1.82) is 0 Å². The number of hydrogen-bond donors (Lipinski definition) is 3. The summed E-state index contributed by atoms with van der Waals surface area (Å²) in [7, 11) is 0. The van der Waals surface area contributed by atoms with Crippen LogP contribution in [0.5, 0.6) is 0 Å². The van der Waals surface area contributed by atoms with E-state index in [9.17, 15) is 19.2 Å². The lowest BCUT2D eigenvalue weighted by molar-refractivity contribution is -0.265. The molecule has 6 aliphatic rings. The van der Waals surface area contributed by atoms with E-state index in [4.69, 9.17) is 30.4 Å². The zero-order valence-electron chi connectivity index (χ0n) is 24.5. The molecule has 11 heteroatoms. The van der Waals surface area contributed by atoms with Crippen molar-refractivity contribution in [2.45, 2.75) is 102 Å². The molecule has 2 amide bonds. The summed E-state index contributed by atoms with van der Waals surface area (Å²) in [6, 6.07) is -0.828. The van der Waals surface area contributed by atoms with Crippen LogP contribution < -0.4 is 16.8 Å². The molecule has 1 unspecified atom stereocenters. The maximum atomic E-state index is 13.3. The molecule has 2 saturated heterocycles. The van der Waals surface area contributed by atoms with Gasteiger partial charge in [0.15, 0.2) is 0 Å². The Balaban J connectivity index is 1.16. The van der Waals surface area contributed by atoms with Crippen LogP contribution in [0.15, 0.2) is 11.1 Å². The molecule has 0 aromatic heterocycles. The summed E-state index contributed by atoms with van der Waals surface area (Å²) in [5.74, 6) is -0.851. The van der Waals surface area contributed by atoms with E-state index < -0.39 is 29.3 Å². The minimum atomic E-state index is -0.835. The first kappa shape index (κ1) is 28.6. The summed E-state index contributed by atoms with van der Waals surface area (Å²) in [4.78, 5) is 48.8. The normalized spacial score (nSPS) is 42.1. The Morgan fingerprint density at radius 1 is 1.20 bits per heavy atom. The fourth-order valence-corrected chi connectivity index (χ4v) is 9.20. The molecule has 5 N–H and O–H groups in total. The van der Waals surface area contributed by atoms with Gasteiger partial charge in [0.1, 0.15) is 23.9 Å². The molecule has 9 atom stereocenters. The molecule has 0 bridgehead atoms. The van der Waals surface area contributed by atoms with Gasteiger partial charge in [0, 0.05) is 41.7 Å². The van der Waals surface area contributed by atoms with Crippen LogP contribution >= 0.6 is 0 Å². The summed E-state index contributed by atoms with van der Waals surface area (Å²) in [6.07, 6.45) is 2.68. The molecular formula is C30H43N3O8. The number of carbonyl (C=O) groups is 4. The number of amides is 2. The van der Waals surface area contributed by atoms with Gasteiger partial charge in [-0.2, -0.15) is 0 Å². The van der Waals surface area contributed by atoms with E-state index >= 15 is 0 Å². The predicted octanol–water partition coefficient (Wildman–Crippen LogP) is 1.26. The number of epoxide rings is 1. The van der Waals surface area contributed by atoms with Crippen LogP contribution in [0.4, 0.5) is 0 Å². The summed E-state index contributed by atoms with van der Waals surface area (Å²) < 4.78 is 25.4. The minimum absolute atomic E-state index is 0.0235. The van der Waals surface area contributed by atoms with Crippen LogP contribution in [0, 0.1) is 28.6 Å². The summed E-state index contributed by atoms with van der Waals surface area (Å²) in [5, 5.41) is 2.72. The Bertz CT molecular complexity index is 1220. The van der Waals surface area contributed by atoms with E-state index in [2.05, 4.69) is 33.0 Å². The zero-order chi connectivity index (χ0) is 29.5. The molecule has 6 rings (SSSR count). The van der Waals surface area contributed by atoms with Crippen molar-refractivity contribution in [2.75, 3.05) is 19.8 Å². The standard InChI is InChI=1S/C30H43N3O8/c1-15(2)29-12-18(29)23-30(41-23)27(3)10-9-16-17(13-38-25(16)37)19(27)14-39-28(30,4)26(29)40-22(35)6-5-11-33-24(36)20(31)7-8-21(32)34/h15,18-20,23,26H,5-14,31H2,1-4H3,(H2,32,34)(H,33,36)/t18-,19?,20-,23-,26-,27-,28+,29+,30+/m0/s1. The SMILES string of the molecule is CC(C)[C@]12C[C@H]1[C@@H]1O[C@@]13[C@@]1(C)CCC4=C(COC4=O)C1CO[C@]3(C)[C@@H]2OC(=O)CCCNC(=O)[C@@H](N)CCC(N)=O. The Morgan fingerprint density at radius 2 is 1.95 bits per heavy atom. The lowest BCUT2D eigenvalue weighted by Crippen LogP contribution is -2.73. The van der Waals surface area contributed by atoms with Crippen LogP contribution in [0.3, 0.4) is 0 Å². The van der Waals surface area contributed by atoms with Crippen molar-refractivity contribution in [3.8, 4) is 0 Å². The highest BCUT2D eigenvalue weighted by molar-refractivity contribution is 5.92. The van der Waals surface area contributed by atoms with Crippen molar-refractivity contribution < 1.29 is 38.1 Å². The van der Waals surface area contributed by atoms with Gasteiger partial charge < -0.3 is 35.7 Å². The average Bonchev–Trinajstić information content (AvgIpc) is 3.81. The molecule has 3 heterocycles. The first-order valence-corrected chi connectivity index (χ1v) is 15.1. The fourth-order valence-electron chi connectivity index (χ4n) is 9.20. The summed E-state index contributed by atoms with van der Waals surface area (Å²) in [5.41, 5.74) is 10.9. The van der Waals surface area contributed by atoms with Crippen LogP contribution in [0.2, 0.25) is 0 Å². The third-order valence-corrected chi connectivity index (χ3v) is 11.5. The van der Waals surface area contributed by atoms with Gasteiger partial charge in [-0.15, -0.1) is 0 Å². The molecule has 0 aromatic carbocycles. The first-order valence-electron chi connectivity index (χ1n) is 15.1. The monoisotopic (exact) mass is 573 g/mol. The van der Waals surface area contributed by atoms with Gasteiger partial charge in [-0.1, -0.05) is 20.8 Å². The highest BCUT2D eigenvalue weighted by Gasteiger charge is 2.92. The third kappa shape index (κ3) is 3.87. The number of nitrogens with two attached hydrogens (primary N) is 2. The maximum Gasteiger partial charge on any atom is 0.334 e. The number of carbonyl (C=O) groups excluding carboxylic acids is 4. The number of cyclic esters (lactones) is 1. The molecule has 3 aliphatic heterocycles. The molecule has 3 aliphatic carbocycles. The van der Waals surface area contributed by atoms with E-state index in [1.165, 1.54) is 0 Å². The third-order valence-electron chi connectivity index (χ3n) is 11.5. The molecule has 1 spiro atoms. The zero-order valence-corrected chi connectivity index (χ0v) is 24.5. The van der Waals surface area contributed by atoms with Crippen LogP contribution in [-0.2, 0) is 38.1 Å². The lowest BCUT2D eigenvalue weighted by Gasteiger charge is -2.61. The van der Waals surface area contributed by atoms with Crippen molar-refractivity contribution in [3.63, 3.8) is 0 Å². The van der Waals surface area contributed by atoms with E-state index in [1.807, 2.05) is 0 Å². The average molecular weight is 574 g/mol. The van der Waals surface area contributed by atoms with Crippen molar-refractivity contribution in [3.05, 3.63) is 11.1 Å². The van der Waals surface area contributed by atoms with Crippen LogP contribution in [-0.4, -0.2) is 73.0 Å². The molecule has 41 heavy (non-hydrogen) atoms. The molecule has 11 nitrogen and oxygen atoms in total. The van der Waals surface area contributed by atoms with Crippen molar-refractivity contribution in [1.82, 2.24) is 5.32 Å². The number of ether oxygens (including phenoxy) is 4. The Labute approximate surface area is 240 Å². The van der Waals surface area contributed by atoms with E-state index in [-0.39, 0.29) is 78.3 Å². The summed E-state index contributed by atoms with van der Waals surface area (Å²) in [6.45, 7) is 9.72. The number of hydrogen-bond acceptors (Lipinski definition) is 9.